The van der Waals surface area contributed by atoms with Crippen molar-refractivity contribution in [3.8, 4) is 5.75 Å². The molecule has 7 heteroatoms. The van der Waals surface area contributed by atoms with Gasteiger partial charge in [0, 0.05) is 6.07 Å². The Balaban J connectivity index is 2.75. The maximum Gasteiger partial charge on any atom is 0.469 e. The van der Waals surface area contributed by atoms with Crippen molar-refractivity contribution in [3.63, 3.8) is 0 Å². The average Bonchev–Trinajstić information content (AvgIpc) is 2.27. The Morgan fingerprint density at radius 2 is 2.06 bits per heavy atom. The van der Waals surface area contributed by atoms with Gasteiger partial charge in [-0.3, -0.25) is 0 Å². The largest absolute Gasteiger partial charge is 0.497 e. The van der Waals surface area contributed by atoms with E-state index in [1.54, 1.807) is 0 Å². The number of alkyl halides is 3. The smallest absolute Gasteiger partial charge is 0.469 e. The van der Waals surface area contributed by atoms with Gasteiger partial charge in [-0.2, -0.15) is 13.2 Å². The minimum Gasteiger partial charge on any atom is -0.497 e. The molecule has 0 aliphatic rings. The van der Waals surface area contributed by atoms with Crippen molar-refractivity contribution < 1.29 is 22.3 Å². The first-order valence-electron chi connectivity index (χ1n) is 4.48. The number of benzene rings is 1. The number of hydrogen-bond donors (Lipinski definition) is 0. The number of ether oxygens (including phenoxy) is 1. The van der Waals surface area contributed by atoms with Gasteiger partial charge in [-0.25, -0.2) is 9.78 Å². The molecular formula is C10H6F3NO3. The summed E-state index contributed by atoms with van der Waals surface area (Å²) in [6, 6.07) is 3.98. The molecule has 1 aromatic carbocycles. The van der Waals surface area contributed by atoms with Crippen molar-refractivity contribution in [2.75, 3.05) is 7.11 Å². The van der Waals surface area contributed by atoms with E-state index in [2.05, 4.69) is 9.40 Å². The number of halogens is 3. The van der Waals surface area contributed by atoms with Crippen LogP contribution >= 0.6 is 0 Å². The lowest BCUT2D eigenvalue weighted by Crippen LogP contribution is -2.13. The Labute approximate surface area is 92.6 Å². The zero-order valence-corrected chi connectivity index (χ0v) is 8.54. The van der Waals surface area contributed by atoms with Gasteiger partial charge in [0.15, 0.2) is 0 Å². The standard InChI is InChI=1S/C10H6F3NO3/c1-16-5-2-3-6-7(4-5)14-9(10(11,12)13)17-8(6)15/h2-4H,1H3. The summed E-state index contributed by atoms with van der Waals surface area (Å²) in [6.45, 7) is 0. The van der Waals surface area contributed by atoms with Gasteiger partial charge in [-0.15, -0.1) is 0 Å². The van der Waals surface area contributed by atoms with E-state index >= 15 is 0 Å². The molecule has 0 aliphatic carbocycles. The van der Waals surface area contributed by atoms with Crippen LogP contribution < -0.4 is 10.4 Å². The number of fused-ring (bicyclic) bond motifs is 1. The third kappa shape index (κ3) is 2.08. The molecule has 0 N–H and O–H groups in total. The molecule has 2 aromatic rings. The number of methoxy groups -OCH3 is 1. The predicted molar refractivity (Wildman–Crippen MR) is 51.8 cm³/mol. The molecule has 17 heavy (non-hydrogen) atoms. The summed E-state index contributed by atoms with van der Waals surface area (Å²) in [7, 11) is 1.36. The van der Waals surface area contributed by atoms with Gasteiger partial charge in [-0.05, 0) is 12.1 Å². The van der Waals surface area contributed by atoms with Gasteiger partial charge in [0.2, 0.25) is 0 Å². The van der Waals surface area contributed by atoms with E-state index in [1.165, 1.54) is 25.3 Å². The fourth-order valence-electron chi connectivity index (χ4n) is 1.30. The zero-order valence-electron chi connectivity index (χ0n) is 8.54. The summed E-state index contributed by atoms with van der Waals surface area (Å²) in [4.78, 5) is 14.5. The van der Waals surface area contributed by atoms with E-state index in [0.29, 0.717) is 5.75 Å². The van der Waals surface area contributed by atoms with Crippen LogP contribution in [0.1, 0.15) is 5.89 Å². The predicted octanol–water partition coefficient (Wildman–Crippen LogP) is 2.22. The molecule has 0 atom stereocenters. The van der Waals surface area contributed by atoms with Crippen LogP contribution in [0.5, 0.6) is 5.75 Å². The van der Waals surface area contributed by atoms with Crippen molar-refractivity contribution in [1.29, 1.82) is 0 Å². The molecule has 1 aromatic heterocycles. The summed E-state index contributed by atoms with van der Waals surface area (Å²) in [5, 5.41) is -0.0289. The molecule has 90 valence electrons. The lowest BCUT2D eigenvalue weighted by molar-refractivity contribution is -0.158. The second-order valence-electron chi connectivity index (χ2n) is 3.19. The number of nitrogens with zero attached hydrogens (tertiary/aromatic N) is 1. The van der Waals surface area contributed by atoms with Crippen LogP contribution in [-0.4, -0.2) is 12.1 Å². The van der Waals surface area contributed by atoms with Crippen LogP contribution in [0.2, 0.25) is 0 Å². The second-order valence-corrected chi connectivity index (χ2v) is 3.19. The molecule has 0 saturated carbocycles. The maximum absolute atomic E-state index is 12.4. The summed E-state index contributed by atoms with van der Waals surface area (Å²) in [6.07, 6.45) is -4.80. The number of hydrogen-bond acceptors (Lipinski definition) is 4. The third-order valence-electron chi connectivity index (χ3n) is 2.08. The summed E-state index contributed by atoms with van der Waals surface area (Å²) in [5.74, 6) is -1.26. The Morgan fingerprint density at radius 3 is 2.65 bits per heavy atom. The maximum atomic E-state index is 12.4. The molecule has 0 saturated heterocycles. The Bertz CT molecular complexity index is 618. The Kier molecular flexibility index (Phi) is 2.53. The highest BCUT2D eigenvalue weighted by Gasteiger charge is 2.37. The van der Waals surface area contributed by atoms with Crippen LogP contribution in [0, 0.1) is 0 Å². The minimum absolute atomic E-state index is 0.0289. The normalized spacial score (nSPS) is 11.8. The topological polar surface area (TPSA) is 52.3 Å². The van der Waals surface area contributed by atoms with E-state index in [-0.39, 0.29) is 10.9 Å². The quantitative estimate of drug-likeness (QED) is 0.772. The lowest BCUT2D eigenvalue weighted by Gasteiger charge is -2.05. The lowest BCUT2D eigenvalue weighted by atomic mass is 10.2. The molecule has 0 fully saturated rings. The van der Waals surface area contributed by atoms with Crippen LogP contribution in [0.3, 0.4) is 0 Å². The number of rotatable bonds is 1. The summed E-state index contributed by atoms with van der Waals surface area (Å²) < 4.78 is 46.0. The number of aromatic nitrogens is 1. The van der Waals surface area contributed by atoms with E-state index in [1.807, 2.05) is 0 Å². The molecular weight excluding hydrogens is 239 g/mol. The Morgan fingerprint density at radius 1 is 1.35 bits per heavy atom. The average molecular weight is 245 g/mol. The van der Waals surface area contributed by atoms with E-state index < -0.39 is 17.7 Å². The first-order valence-corrected chi connectivity index (χ1v) is 4.48. The highest BCUT2D eigenvalue weighted by Crippen LogP contribution is 2.28. The van der Waals surface area contributed by atoms with Gasteiger partial charge in [-0.1, -0.05) is 0 Å². The van der Waals surface area contributed by atoms with Crippen molar-refractivity contribution in [2.45, 2.75) is 6.18 Å². The highest BCUT2D eigenvalue weighted by molar-refractivity contribution is 5.78. The van der Waals surface area contributed by atoms with Crippen molar-refractivity contribution in [2.24, 2.45) is 0 Å². The molecule has 0 unspecified atom stereocenters. The molecule has 0 bridgehead atoms. The van der Waals surface area contributed by atoms with Gasteiger partial charge in [0.25, 0.3) is 0 Å². The fourth-order valence-corrected chi connectivity index (χ4v) is 1.30. The van der Waals surface area contributed by atoms with E-state index in [0.717, 1.165) is 0 Å². The minimum atomic E-state index is -4.80. The van der Waals surface area contributed by atoms with Gasteiger partial charge in [0.1, 0.15) is 5.75 Å². The molecule has 0 amide bonds. The van der Waals surface area contributed by atoms with E-state index in [9.17, 15) is 18.0 Å². The second kappa shape index (κ2) is 3.76. The SMILES string of the molecule is COc1ccc2c(=O)oc(C(F)(F)F)nc2c1. The third-order valence-corrected chi connectivity index (χ3v) is 2.08. The van der Waals surface area contributed by atoms with Crippen LogP contribution in [0.15, 0.2) is 27.4 Å². The molecule has 4 nitrogen and oxygen atoms in total. The molecule has 1 heterocycles. The summed E-state index contributed by atoms with van der Waals surface area (Å²) in [5.41, 5.74) is -1.20. The Hall–Kier alpha value is -2.05. The van der Waals surface area contributed by atoms with Crippen LogP contribution in [0.4, 0.5) is 13.2 Å². The first-order chi connectivity index (χ1) is 7.91. The van der Waals surface area contributed by atoms with Gasteiger partial charge >= 0.3 is 17.7 Å². The van der Waals surface area contributed by atoms with Crippen LogP contribution in [0.25, 0.3) is 10.9 Å². The van der Waals surface area contributed by atoms with Gasteiger partial charge < -0.3 is 9.15 Å². The monoisotopic (exact) mass is 245 g/mol. The molecule has 0 aliphatic heterocycles. The van der Waals surface area contributed by atoms with Crippen molar-refractivity contribution >= 4 is 10.9 Å². The molecule has 2 rings (SSSR count). The first kappa shape index (κ1) is 11.4. The summed E-state index contributed by atoms with van der Waals surface area (Å²) >= 11 is 0. The van der Waals surface area contributed by atoms with Gasteiger partial charge in [0.05, 0.1) is 18.0 Å². The van der Waals surface area contributed by atoms with E-state index in [4.69, 9.17) is 4.74 Å². The van der Waals surface area contributed by atoms with Crippen molar-refractivity contribution in [1.82, 2.24) is 4.98 Å². The van der Waals surface area contributed by atoms with Crippen LogP contribution in [-0.2, 0) is 6.18 Å². The highest BCUT2D eigenvalue weighted by atomic mass is 19.4. The zero-order chi connectivity index (χ0) is 12.6. The molecule has 0 radical (unpaired) electrons. The van der Waals surface area contributed by atoms with Crippen molar-refractivity contribution in [3.05, 3.63) is 34.5 Å². The molecule has 0 spiro atoms. The fraction of sp³-hybridized carbons (Fsp3) is 0.200.